The van der Waals surface area contributed by atoms with Crippen LogP contribution in [0.25, 0.3) is 22.2 Å². The van der Waals surface area contributed by atoms with Gasteiger partial charge >= 0.3 is 0 Å². The summed E-state index contributed by atoms with van der Waals surface area (Å²) in [5.74, 6) is 1.12. The van der Waals surface area contributed by atoms with E-state index in [2.05, 4.69) is 5.10 Å². The number of hydrogen-bond acceptors (Lipinski definition) is 5. The number of hydrogen-bond donors (Lipinski definition) is 0. The molecular weight excluding hydrogens is 366 g/mol. The maximum atomic E-state index is 13.4. The first-order chi connectivity index (χ1) is 14.0. The second-order valence-corrected chi connectivity index (χ2v) is 6.78. The van der Waals surface area contributed by atoms with Crippen molar-refractivity contribution in [2.75, 3.05) is 14.2 Å². The second-order valence-electron chi connectivity index (χ2n) is 6.78. The van der Waals surface area contributed by atoms with Crippen molar-refractivity contribution >= 4 is 16.8 Å². The number of fused-ring (bicyclic) bond motifs is 1. The lowest BCUT2D eigenvalue weighted by atomic mass is 10.0. The average molecular weight is 387 g/mol. The van der Waals surface area contributed by atoms with Crippen molar-refractivity contribution in [1.29, 1.82) is 0 Å². The Morgan fingerprint density at radius 1 is 0.966 bits per heavy atom. The lowest BCUT2D eigenvalue weighted by molar-refractivity contribution is 0.0944. The van der Waals surface area contributed by atoms with E-state index in [9.17, 15) is 4.79 Å². The van der Waals surface area contributed by atoms with Crippen LogP contribution in [0.1, 0.15) is 21.7 Å². The van der Waals surface area contributed by atoms with Gasteiger partial charge in [0.25, 0.3) is 5.91 Å². The zero-order valence-electron chi connectivity index (χ0n) is 16.8. The van der Waals surface area contributed by atoms with Gasteiger partial charge in [-0.05, 0) is 44.2 Å². The van der Waals surface area contributed by atoms with Crippen LogP contribution in [0.5, 0.6) is 11.5 Å². The van der Waals surface area contributed by atoms with Crippen LogP contribution >= 0.6 is 0 Å². The number of aromatic nitrogens is 3. The summed E-state index contributed by atoms with van der Waals surface area (Å²) in [5.41, 5.74) is 4.28. The van der Waals surface area contributed by atoms with E-state index in [4.69, 9.17) is 14.5 Å². The van der Waals surface area contributed by atoms with Gasteiger partial charge in [0.05, 0.1) is 36.7 Å². The van der Waals surface area contributed by atoms with Crippen LogP contribution in [0.15, 0.2) is 54.6 Å². The van der Waals surface area contributed by atoms with Crippen molar-refractivity contribution in [2.24, 2.45) is 0 Å². The van der Waals surface area contributed by atoms with Crippen LogP contribution in [-0.2, 0) is 0 Å². The molecule has 0 amide bonds. The van der Waals surface area contributed by atoms with Gasteiger partial charge in [0.15, 0.2) is 0 Å². The van der Waals surface area contributed by atoms with Gasteiger partial charge < -0.3 is 9.47 Å². The van der Waals surface area contributed by atoms with E-state index in [0.717, 1.165) is 27.9 Å². The minimum atomic E-state index is -0.192. The van der Waals surface area contributed by atoms with Gasteiger partial charge in [0.1, 0.15) is 11.5 Å². The molecule has 0 saturated carbocycles. The normalized spacial score (nSPS) is 10.9. The average Bonchev–Trinajstić information content (AvgIpc) is 3.09. The molecule has 0 fully saturated rings. The monoisotopic (exact) mass is 387 g/mol. The largest absolute Gasteiger partial charge is 0.497 e. The Morgan fingerprint density at radius 3 is 2.45 bits per heavy atom. The van der Waals surface area contributed by atoms with Gasteiger partial charge in [-0.25, -0.2) is 9.67 Å². The third-order valence-corrected chi connectivity index (χ3v) is 4.83. The summed E-state index contributed by atoms with van der Waals surface area (Å²) in [6, 6.07) is 16.8. The zero-order valence-corrected chi connectivity index (χ0v) is 16.8. The lowest BCUT2D eigenvalue weighted by Crippen LogP contribution is -2.16. The number of nitrogens with zero attached hydrogens (tertiary/aromatic N) is 3. The first-order valence-electron chi connectivity index (χ1n) is 9.22. The standard InChI is InChI=1S/C23H21N3O3/c1-14-11-15(2)26(25-14)23(27)19-13-21(24-20-8-6-5-7-17(19)20)18-10-9-16(28-3)12-22(18)29-4/h5-13H,1-4H3. The predicted molar refractivity (Wildman–Crippen MR) is 112 cm³/mol. The third kappa shape index (κ3) is 3.33. The van der Waals surface area contributed by atoms with Crippen molar-refractivity contribution in [2.45, 2.75) is 13.8 Å². The molecule has 146 valence electrons. The minimum absolute atomic E-state index is 0.192. The fourth-order valence-corrected chi connectivity index (χ4v) is 3.45. The maximum Gasteiger partial charge on any atom is 0.279 e. The first kappa shape index (κ1) is 18.7. The molecule has 6 nitrogen and oxygen atoms in total. The van der Waals surface area contributed by atoms with Gasteiger partial charge in [-0.1, -0.05) is 18.2 Å². The molecule has 0 saturated heterocycles. The summed E-state index contributed by atoms with van der Waals surface area (Å²) in [4.78, 5) is 18.1. The molecule has 0 unspecified atom stereocenters. The number of carbonyl (C=O) groups is 1. The number of rotatable bonds is 4. The van der Waals surface area contributed by atoms with Gasteiger partial charge in [-0.2, -0.15) is 5.10 Å². The van der Waals surface area contributed by atoms with E-state index in [0.29, 0.717) is 22.8 Å². The summed E-state index contributed by atoms with van der Waals surface area (Å²) in [6.07, 6.45) is 0. The van der Waals surface area contributed by atoms with Crippen molar-refractivity contribution < 1.29 is 14.3 Å². The van der Waals surface area contributed by atoms with Crippen LogP contribution in [0.2, 0.25) is 0 Å². The summed E-state index contributed by atoms with van der Waals surface area (Å²) in [5, 5.41) is 5.14. The van der Waals surface area contributed by atoms with E-state index in [1.807, 2.05) is 56.3 Å². The fraction of sp³-hybridized carbons (Fsp3) is 0.174. The lowest BCUT2D eigenvalue weighted by Gasteiger charge is -2.13. The quantitative estimate of drug-likeness (QED) is 0.519. The molecule has 29 heavy (non-hydrogen) atoms. The number of para-hydroxylation sites is 1. The van der Waals surface area contributed by atoms with E-state index in [1.54, 1.807) is 26.4 Å². The van der Waals surface area contributed by atoms with Gasteiger partial charge in [0.2, 0.25) is 0 Å². The molecule has 0 atom stereocenters. The van der Waals surface area contributed by atoms with E-state index < -0.39 is 0 Å². The fourth-order valence-electron chi connectivity index (χ4n) is 3.45. The predicted octanol–water partition coefficient (Wildman–Crippen LogP) is 4.42. The van der Waals surface area contributed by atoms with Crippen LogP contribution in [0.3, 0.4) is 0 Å². The van der Waals surface area contributed by atoms with Crippen molar-refractivity contribution in [1.82, 2.24) is 14.8 Å². The zero-order chi connectivity index (χ0) is 20.5. The van der Waals surface area contributed by atoms with E-state index >= 15 is 0 Å². The highest BCUT2D eigenvalue weighted by Gasteiger charge is 2.19. The molecule has 0 bridgehead atoms. The molecule has 0 radical (unpaired) electrons. The molecule has 0 spiro atoms. The van der Waals surface area contributed by atoms with Crippen molar-refractivity contribution in [3.8, 4) is 22.8 Å². The van der Waals surface area contributed by atoms with Crippen LogP contribution in [-0.4, -0.2) is 34.9 Å². The van der Waals surface area contributed by atoms with Crippen molar-refractivity contribution in [3.05, 3.63) is 71.5 Å². The van der Waals surface area contributed by atoms with Crippen LogP contribution in [0.4, 0.5) is 0 Å². The Labute approximate surface area is 168 Å². The molecule has 0 aliphatic rings. The Bertz CT molecular complexity index is 1230. The molecule has 2 heterocycles. The van der Waals surface area contributed by atoms with Gasteiger partial charge in [0, 0.05) is 22.7 Å². The Balaban J connectivity index is 1.95. The molecule has 0 aliphatic carbocycles. The summed E-state index contributed by atoms with van der Waals surface area (Å²) >= 11 is 0. The molecule has 2 aromatic carbocycles. The Kier molecular flexibility index (Phi) is 4.76. The summed E-state index contributed by atoms with van der Waals surface area (Å²) in [6.45, 7) is 3.74. The summed E-state index contributed by atoms with van der Waals surface area (Å²) in [7, 11) is 3.20. The highest BCUT2D eigenvalue weighted by Crippen LogP contribution is 2.34. The summed E-state index contributed by atoms with van der Waals surface area (Å²) < 4.78 is 12.3. The second kappa shape index (κ2) is 7.39. The minimum Gasteiger partial charge on any atom is -0.497 e. The smallest absolute Gasteiger partial charge is 0.279 e. The molecule has 0 aliphatic heterocycles. The molecule has 6 heteroatoms. The van der Waals surface area contributed by atoms with Crippen LogP contribution < -0.4 is 9.47 Å². The van der Waals surface area contributed by atoms with E-state index in [1.165, 1.54) is 4.68 Å². The van der Waals surface area contributed by atoms with Crippen LogP contribution in [0, 0.1) is 13.8 Å². The highest BCUT2D eigenvalue weighted by atomic mass is 16.5. The van der Waals surface area contributed by atoms with Crippen molar-refractivity contribution in [3.63, 3.8) is 0 Å². The molecular formula is C23H21N3O3. The molecule has 4 aromatic rings. The molecule has 0 N–H and O–H groups in total. The maximum absolute atomic E-state index is 13.4. The van der Waals surface area contributed by atoms with Gasteiger partial charge in [-0.3, -0.25) is 4.79 Å². The Morgan fingerprint density at radius 2 is 1.76 bits per heavy atom. The first-order valence-corrected chi connectivity index (χ1v) is 9.22. The Hall–Kier alpha value is -3.67. The number of carbonyl (C=O) groups excluding carboxylic acids is 1. The molecule has 2 aromatic heterocycles. The topological polar surface area (TPSA) is 66.2 Å². The highest BCUT2D eigenvalue weighted by molar-refractivity contribution is 6.08. The number of pyridine rings is 1. The molecule has 4 rings (SSSR count). The number of ether oxygens (including phenoxy) is 2. The number of aryl methyl sites for hydroxylation is 2. The van der Waals surface area contributed by atoms with E-state index in [-0.39, 0.29) is 5.91 Å². The number of methoxy groups -OCH3 is 2. The number of benzene rings is 2. The SMILES string of the molecule is COc1ccc(-c2cc(C(=O)n3nc(C)cc3C)c3ccccc3n2)c(OC)c1. The third-order valence-electron chi connectivity index (χ3n) is 4.83. The van der Waals surface area contributed by atoms with Gasteiger partial charge in [-0.15, -0.1) is 0 Å².